The van der Waals surface area contributed by atoms with Crippen LogP contribution >= 0.6 is 11.8 Å². The lowest BCUT2D eigenvalue weighted by molar-refractivity contribution is -0.163. The topological polar surface area (TPSA) is 107 Å². The summed E-state index contributed by atoms with van der Waals surface area (Å²) in [5, 5.41) is 20.0. The van der Waals surface area contributed by atoms with E-state index >= 15 is 0 Å². The summed E-state index contributed by atoms with van der Waals surface area (Å²) in [6.45, 7) is 6.34. The monoisotopic (exact) mass is 409 g/mol. The summed E-state index contributed by atoms with van der Waals surface area (Å²) < 4.78 is 0. The van der Waals surface area contributed by atoms with Crippen LogP contribution in [0.1, 0.15) is 39.5 Å². The fraction of sp³-hybridized carbons (Fsp3) is 0.800. The summed E-state index contributed by atoms with van der Waals surface area (Å²) in [7, 11) is 0. The third-order valence-electron chi connectivity index (χ3n) is 7.15. The summed E-state index contributed by atoms with van der Waals surface area (Å²) in [5.74, 6) is -1.15. The lowest BCUT2D eigenvalue weighted by Gasteiger charge is -2.47. The number of fused-ring (bicyclic) bond motifs is 1. The maximum Gasteiger partial charge on any atom is 0.353 e. The molecule has 0 aromatic carbocycles. The predicted molar refractivity (Wildman–Crippen MR) is 107 cm³/mol. The third kappa shape index (κ3) is 3.18. The predicted octanol–water partition coefficient (Wildman–Crippen LogP) is 1.08. The Bertz CT molecular complexity index is 683. The molecule has 1 aliphatic carbocycles. The average molecular weight is 410 g/mol. The van der Waals surface area contributed by atoms with Gasteiger partial charge in [0.1, 0.15) is 5.70 Å². The van der Waals surface area contributed by atoms with Gasteiger partial charge in [-0.2, -0.15) is 0 Å². The molecule has 1 saturated carbocycles. The summed E-state index contributed by atoms with van der Waals surface area (Å²) >= 11 is 1.64. The van der Waals surface area contributed by atoms with Crippen LogP contribution in [0.3, 0.4) is 0 Å². The number of β-lactam (4-membered cyclic amide) rings is 1. The molecule has 4 aliphatic rings. The number of carbonyl (C=O) groups excluding carboxylic acids is 1. The number of thioether (sulfide) groups is 1. The second-order valence-corrected chi connectivity index (χ2v) is 10.2. The van der Waals surface area contributed by atoms with Gasteiger partial charge in [0.05, 0.1) is 18.1 Å². The molecule has 0 aromatic rings. The van der Waals surface area contributed by atoms with E-state index < -0.39 is 18.0 Å². The number of hydrogen-bond acceptors (Lipinski definition) is 6. The largest absolute Gasteiger partial charge is 0.477 e. The van der Waals surface area contributed by atoms with Crippen molar-refractivity contribution < 1.29 is 19.8 Å². The molecule has 4 rings (SSSR count). The standard InChI is InChI=1S/C20H31N3O4S/c1-10-16-15(11(2)24)19(25)23(16)17(20(26)27)18(10)28-14-8-22(9-14)13-5-3-12(7-21)4-6-13/h10-16,24H,3-9,21H2,1-2H3,(H,26,27)/t10-,11-,12?,13?,15-,16-/m1/s1. The zero-order valence-corrected chi connectivity index (χ0v) is 17.4. The van der Waals surface area contributed by atoms with Crippen molar-refractivity contribution in [3.63, 3.8) is 0 Å². The van der Waals surface area contributed by atoms with Gasteiger partial charge in [-0.05, 0) is 45.1 Å². The number of carboxylic acids is 1. The Morgan fingerprint density at radius 1 is 1.29 bits per heavy atom. The number of amides is 1. The van der Waals surface area contributed by atoms with Crippen molar-refractivity contribution in [1.29, 1.82) is 0 Å². The molecule has 0 aromatic heterocycles. The van der Waals surface area contributed by atoms with Crippen LogP contribution in [-0.2, 0) is 9.59 Å². The molecule has 3 heterocycles. The quantitative estimate of drug-likeness (QED) is 0.564. The van der Waals surface area contributed by atoms with Crippen molar-refractivity contribution in [2.75, 3.05) is 19.6 Å². The fourth-order valence-electron chi connectivity index (χ4n) is 5.45. The zero-order valence-electron chi connectivity index (χ0n) is 16.6. The highest BCUT2D eigenvalue weighted by molar-refractivity contribution is 8.03. The molecular weight excluding hydrogens is 378 g/mol. The minimum absolute atomic E-state index is 0.0394. The number of hydrogen-bond donors (Lipinski definition) is 3. The van der Waals surface area contributed by atoms with E-state index in [-0.39, 0.29) is 23.6 Å². The molecule has 7 nitrogen and oxygen atoms in total. The van der Waals surface area contributed by atoms with Crippen molar-refractivity contribution >= 4 is 23.6 Å². The van der Waals surface area contributed by atoms with Crippen LogP contribution in [0, 0.1) is 17.8 Å². The molecule has 1 amide bonds. The Hall–Kier alpha value is -1.09. The number of carbonyl (C=O) groups is 2. The van der Waals surface area contributed by atoms with E-state index in [0.29, 0.717) is 17.2 Å². The van der Waals surface area contributed by atoms with Gasteiger partial charge in [0.2, 0.25) is 5.91 Å². The number of nitrogens with zero attached hydrogens (tertiary/aromatic N) is 2. The Morgan fingerprint density at radius 3 is 2.46 bits per heavy atom. The first-order valence-corrected chi connectivity index (χ1v) is 11.3. The maximum absolute atomic E-state index is 12.4. The number of aliphatic carboxylic acids is 1. The Kier molecular flexibility index (Phi) is 5.50. The molecule has 0 bridgehead atoms. The van der Waals surface area contributed by atoms with Crippen LogP contribution in [0.5, 0.6) is 0 Å². The molecule has 0 radical (unpaired) electrons. The van der Waals surface area contributed by atoms with Gasteiger partial charge in [0.25, 0.3) is 0 Å². The molecule has 28 heavy (non-hydrogen) atoms. The lowest BCUT2D eigenvalue weighted by Crippen LogP contribution is -2.63. The molecule has 156 valence electrons. The van der Waals surface area contributed by atoms with Crippen LogP contribution in [0.15, 0.2) is 10.6 Å². The first-order chi connectivity index (χ1) is 13.3. The van der Waals surface area contributed by atoms with Gasteiger partial charge in [-0.3, -0.25) is 9.69 Å². The molecule has 0 unspecified atom stereocenters. The minimum atomic E-state index is -1.04. The second-order valence-electron chi connectivity index (χ2n) is 8.88. The SMILES string of the molecule is C[C@@H](O)[C@H]1C(=O)N2C(C(=O)O)=C(SC3CN(C4CCC(CN)CC4)C3)[C@H](C)[C@H]12. The molecule has 4 atom stereocenters. The van der Waals surface area contributed by atoms with Gasteiger partial charge in [-0.25, -0.2) is 4.79 Å². The van der Waals surface area contributed by atoms with E-state index in [1.807, 2.05) is 6.92 Å². The number of rotatable bonds is 6. The number of carboxylic acid groups (broad SMARTS) is 1. The van der Waals surface area contributed by atoms with E-state index in [0.717, 1.165) is 24.5 Å². The Labute approximate surface area is 170 Å². The molecule has 0 spiro atoms. The van der Waals surface area contributed by atoms with E-state index in [2.05, 4.69) is 4.90 Å². The Balaban J connectivity index is 1.39. The first kappa shape index (κ1) is 20.2. The summed E-state index contributed by atoms with van der Waals surface area (Å²) in [6.07, 6.45) is 4.08. The van der Waals surface area contributed by atoms with Crippen molar-refractivity contribution in [2.45, 2.75) is 63.0 Å². The van der Waals surface area contributed by atoms with Crippen molar-refractivity contribution in [2.24, 2.45) is 23.5 Å². The van der Waals surface area contributed by atoms with Gasteiger partial charge in [-0.15, -0.1) is 11.8 Å². The van der Waals surface area contributed by atoms with Gasteiger partial charge in [-0.1, -0.05) is 6.92 Å². The summed E-state index contributed by atoms with van der Waals surface area (Å²) in [4.78, 5) is 29.0. The molecule has 4 N–H and O–H groups in total. The van der Waals surface area contributed by atoms with Gasteiger partial charge in [0, 0.05) is 35.2 Å². The van der Waals surface area contributed by atoms with Gasteiger partial charge >= 0.3 is 5.97 Å². The van der Waals surface area contributed by atoms with Crippen LogP contribution < -0.4 is 5.73 Å². The highest BCUT2D eigenvalue weighted by Crippen LogP contribution is 2.52. The molecule has 3 aliphatic heterocycles. The van der Waals surface area contributed by atoms with Crippen molar-refractivity contribution in [3.8, 4) is 0 Å². The highest BCUT2D eigenvalue weighted by atomic mass is 32.2. The number of aliphatic hydroxyl groups excluding tert-OH is 1. The van der Waals surface area contributed by atoms with E-state index in [1.54, 1.807) is 18.7 Å². The van der Waals surface area contributed by atoms with E-state index in [1.165, 1.54) is 30.6 Å². The summed E-state index contributed by atoms with van der Waals surface area (Å²) in [5.41, 5.74) is 5.93. The number of aliphatic hydroxyl groups is 1. The van der Waals surface area contributed by atoms with Crippen molar-refractivity contribution in [3.05, 3.63) is 10.6 Å². The smallest absolute Gasteiger partial charge is 0.353 e. The highest BCUT2D eigenvalue weighted by Gasteiger charge is 2.60. The maximum atomic E-state index is 12.4. The van der Waals surface area contributed by atoms with Crippen LogP contribution in [0.2, 0.25) is 0 Å². The molecule has 3 fully saturated rings. The third-order valence-corrected chi connectivity index (χ3v) is 8.60. The fourth-order valence-corrected chi connectivity index (χ4v) is 6.99. The van der Waals surface area contributed by atoms with Gasteiger partial charge < -0.3 is 20.8 Å². The molecular formula is C20H31N3O4S. The normalized spacial score (nSPS) is 37.5. The second kappa shape index (κ2) is 7.63. The van der Waals surface area contributed by atoms with Crippen LogP contribution in [0.4, 0.5) is 0 Å². The minimum Gasteiger partial charge on any atom is -0.477 e. The average Bonchev–Trinajstić information content (AvgIpc) is 2.86. The first-order valence-electron chi connectivity index (χ1n) is 10.4. The van der Waals surface area contributed by atoms with Crippen LogP contribution in [0.25, 0.3) is 0 Å². The molecule has 2 saturated heterocycles. The van der Waals surface area contributed by atoms with Crippen molar-refractivity contribution in [1.82, 2.24) is 9.80 Å². The number of likely N-dealkylation sites (tertiary alicyclic amines) is 1. The van der Waals surface area contributed by atoms with Crippen LogP contribution in [-0.4, -0.2) is 75.0 Å². The van der Waals surface area contributed by atoms with E-state index in [9.17, 15) is 19.8 Å². The summed E-state index contributed by atoms with van der Waals surface area (Å²) in [6, 6.07) is 0.415. The van der Waals surface area contributed by atoms with E-state index in [4.69, 9.17) is 5.73 Å². The molecule has 8 heteroatoms. The Morgan fingerprint density at radius 2 is 1.93 bits per heavy atom. The van der Waals surface area contributed by atoms with Gasteiger partial charge in [0.15, 0.2) is 0 Å². The zero-order chi connectivity index (χ0) is 20.2. The number of nitrogens with two attached hydrogens (primary N) is 1. The lowest BCUT2D eigenvalue weighted by atomic mass is 9.79.